The first-order chi connectivity index (χ1) is 11.4. The summed E-state index contributed by atoms with van der Waals surface area (Å²) in [6.45, 7) is 0.221. The molecule has 1 unspecified atom stereocenters. The van der Waals surface area contributed by atoms with Crippen molar-refractivity contribution < 1.29 is 25.0 Å². The number of nitro benzene ring substituents is 1. The Balaban J connectivity index is 0.00000312. The molecule has 0 spiro atoms. The van der Waals surface area contributed by atoms with Gasteiger partial charge >= 0.3 is 5.97 Å². The summed E-state index contributed by atoms with van der Waals surface area (Å²) in [5, 5.41) is 41.5. The molecule has 0 radical (unpaired) electrons. The lowest BCUT2D eigenvalue weighted by Crippen LogP contribution is -2.38. The molecule has 0 aliphatic heterocycles. The number of non-ortho nitro benzene ring substituents is 1. The molecule has 134 valence electrons. The van der Waals surface area contributed by atoms with Crippen LogP contribution in [0.2, 0.25) is 0 Å². The first-order valence-electron chi connectivity index (χ1n) is 7.07. The van der Waals surface area contributed by atoms with Gasteiger partial charge in [-0.25, -0.2) is 0 Å². The molecule has 25 heavy (non-hydrogen) atoms. The zero-order valence-corrected chi connectivity index (χ0v) is 14.7. The van der Waals surface area contributed by atoms with E-state index in [4.69, 9.17) is 0 Å². The highest BCUT2D eigenvalue weighted by atomic mass is 79.9. The Labute approximate surface area is 153 Å². The molecule has 0 saturated carbocycles. The van der Waals surface area contributed by atoms with Gasteiger partial charge in [0.2, 0.25) is 0 Å². The second-order valence-electron chi connectivity index (χ2n) is 5.22. The number of nitrogens with zero attached hydrogens (tertiary/aromatic N) is 1. The second kappa shape index (κ2) is 9.00. The van der Waals surface area contributed by atoms with E-state index in [0.29, 0.717) is 11.1 Å². The van der Waals surface area contributed by atoms with Gasteiger partial charge in [-0.05, 0) is 29.7 Å². The summed E-state index contributed by atoms with van der Waals surface area (Å²) < 4.78 is 0. The van der Waals surface area contributed by atoms with Crippen molar-refractivity contribution in [3.05, 3.63) is 63.7 Å². The van der Waals surface area contributed by atoms with Crippen molar-refractivity contribution in [1.29, 1.82) is 0 Å². The number of phenols is 2. The lowest BCUT2D eigenvalue weighted by Gasteiger charge is -2.15. The van der Waals surface area contributed by atoms with E-state index in [-0.39, 0.29) is 47.1 Å². The monoisotopic (exact) mass is 412 g/mol. The SMILES string of the molecule is Br.O=C(O)C(Cc1ccc(O)c(O)c1)NCc1ccc([N+](=O)[O-])cc1. The number of carboxylic acid groups (broad SMARTS) is 1. The molecule has 0 saturated heterocycles. The summed E-state index contributed by atoms with van der Waals surface area (Å²) in [6.07, 6.45) is 0.107. The van der Waals surface area contributed by atoms with Crippen LogP contribution in [-0.2, 0) is 17.8 Å². The van der Waals surface area contributed by atoms with Crippen molar-refractivity contribution in [2.24, 2.45) is 0 Å². The van der Waals surface area contributed by atoms with Gasteiger partial charge in [-0.3, -0.25) is 14.9 Å². The van der Waals surface area contributed by atoms with Crippen LogP contribution in [0.4, 0.5) is 5.69 Å². The Hall–Kier alpha value is -2.65. The molecular weight excluding hydrogens is 396 g/mol. The highest BCUT2D eigenvalue weighted by Gasteiger charge is 2.18. The topological polar surface area (TPSA) is 133 Å². The summed E-state index contributed by atoms with van der Waals surface area (Å²) in [5.41, 5.74) is 1.22. The predicted molar refractivity (Wildman–Crippen MR) is 95.2 cm³/mol. The number of nitro groups is 1. The summed E-state index contributed by atoms with van der Waals surface area (Å²) in [7, 11) is 0. The van der Waals surface area contributed by atoms with E-state index in [1.54, 1.807) is 12.1 Å². The van der Waals surface area contributed by atoms with Crippen molar-refractivity contribution in [3.63, 3.8) is 0 Å². The lowest BCUT2D eigenvalue weighted by atomic mass is 10.0. The lowest BCUT2D eigenvalue weighted by molar-refractivity contribution is -0.384. The van der Waals surface area contributed by atoms with Gasteiger partial charge in [0.25, 0.3) is 5.69 Å². The summed E-state index contributed by atoms with van der Waals surface area (Å²) in [4.78, 5) is 21.4. The number of hydrogen-bond donors (Lipinski definition) is 4. The standard InChI is InChI=1S/C16H16N2O6.BrH/c19-14-6-3-11(8-15(14)20)7-13(16(21)22)17-9-10-1-4-12(5-2-10)18(23)24;/h1-6,8,13,17,19-20H,7,9H2,(H,21,22);1H. The Morgan fingerprint density at radius 3 is 2.20 bits per heavy atom. The molecule has 0 amide bonds. The van der Waals surface area contributed by atoms with Gasteiger partial charge in [0, 0.05) is 18.7 Å². The number of rotatable bonds is 7. The third kappa shape index (κ3) is 5.73. The highest BCUT2D eigenvalue weighted by molar-refractivity contribution is 8.93. The fraction of sp³-hybridized carbons (Fsp3) is 0.188. The molecule has 0 aromatic heterocycles. The Morgan fingerprint density at radius 1 is 1.08 bits per heavy atom. The normalized spacial score (nSPS) is 11.4. The third-order valence-electron chi connectivity index (χ3n) is 3.48. The quantitative estimate of drug-likeness (QED) is 0.311. The maximum atomic E-state index is 11.4. The van der Waals surface area contributed by atoms with E-state index < -0.39 is 16.9 Å². The molecule has 9 heteroatoms. The zero-order valence-electron chi connectivity index (χ0n) is 13.0. The summed E-state index contributed by atoms with van der Waals surface area (Å²) >= 11 is 0. The van der Waals surface area contributed by atoms with Crippen molar-refractivity contribution in [2.75, 3.05) is 0 Å². The van der Waals surface area contributed by atoms with Gasteiger partial charge in [-0.2, -0.15) is 0 Å². The molecule has 2 aromatic rings. The van der Waals surface area contributed by atoms with Crippen LogP contribution < -0.4 is 5.32 Å². The van der Waals surface area contributed by atoms with E-state index in [1.165, 1.54) is 30.3 Å². The number of nitrogens with one attached hydrogen (secondary N) is 1. The molecule has 0 bridgehead atoms. The average Bonchev–Trinajstić information content (AvgIpc) is 2.54. The Bertz CT molecular complexity index is 751. The summed E-state index contributed by atoms with van der Waals surface area (Å²) in [6, 6.07) is 9.02. The minimum Gasteiger partial charge on any atom is -0.504 e. The average molecular weight is 413 g/mol. The Kier molecular flexibility index (Phi) is 7.34. The molecule has 1 atom stereocenters. The minimum absolute atomic E-state index is 0. The van der Waals surface area contributed by atoms with Crippen molar-refractivity contribution in [3.8, 4) is 11.5 Å². The minimum atomic E-state index is -1.07. The number of carboxylic acids is 1. The molecule has 4 N–H and O–H groups in total. The third-order valence-corrected chi connectivity index (χ3v) is 3.48. The molecule has 0 aliphatic carbocycles. The van der Waals surface area contributed by atoms with Crippen LogP contribution >= 0.6 is 17.0 Å². The van der Waals surface area contributed by atoms with Gasteiger partial charge in [0.1, 0.15) is 6.04 Å². The van der Waals surface area contributed by atoms with Gasteiger partial charge < -0.3 is 20.6 Å². The summed E-state index contributed by atoms with van der Waals surface area (Å²) in [5.74, 6) is -1.65. The molecule has 0 heterocycles. The fourth-order valence-corrected chi connectivity index (χ4v) is 2.16. The first-order valence-corrected chi connectivity index (χ1v) is 7.07. The van der Waals surface area contributed by atoms with E-state index in [2.05, 4.69) is 5.32 Å². The molecule has 0 aliphatic rings. The highest BCUT2D eigenvalue weighted by Crippen LogP contribution is 2.25. The number of halogens is 1. The van der Waals surface area contributed by atoms with Gasteiger partial charge in [-0.1, -0.05) is 18.2 Å². The van der Waals surface area contributed by atoms with Crippen molar-refractivity contribution in [2.45, 2.75) is 19.0 Å². The van der Waals surface area contributed by atoms with E-state index in [9.17, 15) is 30.2 Å². The number of hydrogen-bond acceptors (Lipinski definition) is 6. The molecule has 8 nitrogen and oxygen atoms in total. The predicted octanol–water partition coefficient (Wildman–Crippen LogP) is 2.37. The first kappa shape index (κ1) is 20.4. The van der Waals surface area contributed by atoms with Crippen LogP contribution in [0, 0.1) is 10.1 Å². The van der Waals surface area contributed by atoms with Crippen molar-refractivity contribution in [1.82, 2.24) is 5.32 Å². The van der Waals surface area contributed by atoms with Gasteiger partial charge in [-0.15, -0.1) is 17.0 Å². The van der Waals surface area contributed by atoms with Crippen LogP contribution in [-0.4, -0.2) is 32.3 Å². The Morgan fingerprint density at radius 2 is 1.68 bits per heavy atom. The van der Waals surface area contributed by atoms with Crippen molar-refractivity contribution >= 4 is 28.6 Å². The van der Waals surface area contributed by atoms with Crippen LogP contribution in [0.1, 0.15) is 11.1 Å². The number of carbonyl (C=O) groups is 1. The van der Waals surface area contributed by atoms with E-state index in [1.807, 2.05) is 0 Å². The van der Waals surface area contributed by atoms with E-state index in [0.717, 1.165) is 0 Å². The molecule has 2 rings (SSSR count). The number of aromatic hydroxyl groups is 2. The largest absolute Gasteiger partial charge is 0.504 e. The van der Waals surface area contributed by atoms with Crippen LogP contribution in [0.15, 0.2) is 42.5 Å². The second-order valence-corrected chi connectivity index (χ2v) is 5.22. The molecular formula is C16H17BrN2O6. The molecule has 0 fully saturated rings. The maximum Gasteiger partial charge on any atom is 0.321 e. The molecule has 2 aromatic carbocycles. The van der Waals surface area contributed by atoms with Gasteiger partial charge in [0.05, 0.1) is 4.92 Å². The maximum absolute atomic E-state index is 11.4. The van der Waals surface area contributed by atoms with Crippen LogP contribution in [0.25, 0.3) is 0 Å². The smallest absolute Gasteiger partial charge is 0.321 e. The number of aliphatic carboxylic acids is 1. The van der Waals surface area contributed by atoms with Gasteiger partial charge in [0.15, 0.2) is 11.5 Å². The van der Waals surface area contributed by atoms with Crippen LogP contribution in [0.3, 0.4) is 0 Å². The fourth-order valence-electron chi connectivity index (χ4n) is 2.16. The number of benzene rings is 2. The van der Waals surface area contributed by atoms with E-state index >= 15 is 0 Å². The zero-order chi connectivity index (χ0) is 17.7. The number of phenolic OH excluding ortho intramolecular Hbond substituents is 2. The van der Waals surface area contributed by atoms with Crippen LogP contribution in [0.5, 0.6) is 11.5 Å².